The van der Waals surface area contributed by atoms with Crippen LogP contribution in [-0.4, -0.2) is 18.0 Å². The standard InChI is InChI=1S/C16H21BrN2/c1-19(12-13-6-5-8-15(17)10-13)16-9-4-2-3-7-14(16)11-18/h5-6,8,10,14,16H,2-4,7,9,12H2,1H3. The highest BCUT2D eigenvalue weighted by atomic mass is 79.9. The molecule has 0 amide bonds. The van der Waals surface area contributed by atoms with E-state index in [1.165, 1.54) is 24.8 Å². The van der Waals surface area contributed by atoms with Crippen molar-refractivity contribution in [3.63, 3.8) is 0 Å². The predicted molar refractivity (Wildman–Crippen MR) is 81.6 cm³/mol. The largest absolute Gasteiger partial charge is 0.298 e. The molecular weight excluding hydrogens is 300 g/mol. The van der Waals surface area contributed by atoms with Crippen molar-refractivity contribution in [1.82, 2.24) is 4.90 Å². The van der Waals surface area contributed by atoms with Crippen LogP contribution < -0.4 is 0 Å². The summed E-state index contributed by atoms with van der Waals surface area (Å²) in [6.07, 6.45) is 5.96. The van der Waals surface area contributed by atoms with Crippen molar-refractivity contribution in [1.29, 1.82) is 5.26 Å². The fourth-order valence-corrected chi connectivity index (χ4v) is 3.45. The van der Waals surface area contributed by atoms with Gasteiger partial charge in [0, 0.05) is 17.1 Å². The lowest BCUT2D eigenvalue weighted by Gasteiger charge is -2.30. The molecule has 2 unspecified atom stereocenters. The summed E-state index contributed by atoms with van der Waals surface area (Å²) in [6, 6.07) is 11.4. The van der Waals surface area contributed by atoms with E-state index < -0.39 is 0 Å². The van der Waals surface area contributed by atoms with Gasteiger partial charge in [0.1, 0.15) is 0 Å². The lowest BCUT2D eigenvalue weighted by molar-refractivity contribution is 0.183. The Labute approximate surface area is 124 Å². The fourth-order valence-electron chi connectivity index (χ4n) is 3.01. The summed E-state index contributed by atoms with van der Waals surface area (Å²) in [5, 5.41) is 9.36. The topological polar surface area (TPSA) is 27.0 Å². The Morgan fingerprint density at radius 3 is 2.84 bits per heavy atom. The van der Waals surface area contributed by atoms with Crippen LogP contribution in [0.5, 0.6) is 0 Å². The number of hydrogen-bond acceptors (Lipinski definition) is 2. The van der Waals surface area contributed by atoms with Crippen LogP contribution in [0, 0.1) is 17.2 Å². The Morgan fingerprint density at radius 2 is 2.11 bits per heavy atom. The molecule has 2 nitrogen and oxygen atoms in total. The molecule has 0 spiro atoms. The molecule has 3 heteroatoms. The average Bonchev–Trinajstić information content (AvgIpc) is 2.63. The molecule has 0 radical (unpaired) electrons. The molecule has 1 saturated carbocycles. The van der Waals surface area contributed by atoms with E-state index in [0.29, 0.717) is 6.04 Å². The third kappa shape index (κ3) is 4.06. The Morgan fingerprint density at radius 1 is 1.32 bits per heavy atom. The molecule has 0 bridgehead atoms. The minimum absolute atomic E-state index is 0.194. The van der Waals surface area contributed by atoms with Crippen LogP contribution in [0.3, 0.4) is 0 Å². The van der Waals surface area contributed by atoms with Crippen molar-refractivity contribution in [2.45, 2.75) is 44.7 Å². The maximum Gasteiger partial charge on any atom is 0.0672 e. The first kappa shape index (κ1) is 14.6. The molecular formula is C16H21BrN2. The zero-order valence-electron chi connectivity index (χ0n) is 11.5. The molecule has 1 aliphatic carbocycles. The summed E-state index contributed by atoms with van der Waals surface area (Å²) in [6.45, 7) is 0.919. The van der Waals surface area contributed by atoms with Gasteiger partial charge in [-0.3, -0.25) is 4.90 Å². The van der Waals surface area contributed by atoms with Gasteiger partial charge in [0.2, 0.25) is 0 Å². The number of benzene rings is 1. The van der Waals surface area contributed by atoms with Gasteiger partial charge in [-0.2, -0.15) is 5.26 Å². The Kier molecular flexibility index (Phi) is 5.42. The highest BCUT2D eigenvalue weighted by Gasteiger charge is 2.26. The lowest BCUT2D eigenvalue weighted by Crippen LogP contribution is -2.36. The second kappa shape index (κ2) is 7.07. The monoisotopic (exact) mass is 320 g/mol. The van der Waals surface area contributed by atoms with Crippen LogP contribution in [0.1, 0.15) is 37.7 Å². The van der Waals surface area contributed by atoms with E-state index >= 15 is 0 Å². The highest BCUT2D eigenvalue weighted by Crippen LogP contribution is 2.27. The number of nitrogens with zero attached hydrogens (tertiary/aromatic N) is 2. The van der Waals surface area contributed by atoms with Gasteiger partial charge in [0.15, 0.2) is 0 Å². The summed E-state index contributed by atoms with van der Waals surface area (Å²) in [4.78, 5) is 2.36. The Hall–Kier alpha value is -0.850. The Bertz CT molecular complexity index is 452. The third-order valence-electron chi connectivity index (χ3n) is 4.03. The van der Waals surface area contributed by atoms with Gasteiger partial charge < -0.3 is 0 Å². The summed E-state index contributed by atoms with van der Waals surface area (Å²) >= 11 is 3.52. The van der Waals surface area contributed by atoms with Crippen molar-refractivity contribution in [2.75, 3.05) is 7.05 Å². The molecule has 2 rings (SSSR count). The Balaban J connectivity index is 2.05. The summed E-state index contributed by atoms with van der Waals surface area (Å²) in [5.74, 6) is 0.194. The zero-order valence-corrected chi connectivity index (χ0v) is 13.1. The van der Waals surface area contributed by atoms with Crippen LogP contribution in [0.2, 0.25) is 0 Å². The smallest absolute Gasteiger partial charge is 0.0672 e. The highest BCUT2D eigenvalue weighted by molar-refractivity contribution is 9.10. The first-order valence-corrected chi connectivity index (χ1v) is 7.84. The van der Waals surface area contributed by atoms with E-state index in [2.05, 4.69) is 52.1 Å². The molecule has 0 saturated heterocycles. The molecule has 102 valence electrons. The number of halogens is 1. The molecule has 1 fully saturated rings. The van der Waals surface area contributed by atoms with Crippen molar-refractivity contribution in [3.05, 3.63) is 34.3 Å². The number of hydrogen-bond donors (Lipinski definition) is 0. The number of nitriles is 1. The van der Waals surface area contributed by atoms with Gasteiger partial charge in [-0.25, -0.2) is 0 Å². The number of rotatable bonds is 3. The van der Waals surface area contributed by atoms with E-state index in [4.69, 9.17) is 0 Å². The minimum atomic E-state index is 0.194. The average molecular weight is 321 g/mol. The fraction of sp³-hybridized carbons (Fsp3) is 0.562. The van der Waals surface area contributed by atoms with Gasteiger partial charge >= 0.3 is 0 Å². The van der Waals surface area contributed by atoms with Crippen LogP contribution in [-0.2, 0) is 6.54 Å². The maximum atomic E-state index is 9.36. The summed E-state index contributed by atoms with van der Waals surface area (Å²) in [7, 11) is 2.15. The molecule has 1 aromatic rings. The molecule has 19 heavy (non-hydrogen) atoms. The third-order valence-corrected chi connectivity index (χ3v) is 4.53. The minimum Gasteiger partial charge on any atom is -0.298 e. The molecule has 0 aromatic heterocycles. The normalized spacial score (nSPS) is 23.9. The van der Waals surface area contributed by atoms with Crippen molar-refractivity contribution < 1.29 is 0 Å². The SMILES string of the molecule is CN(Cc1cccc(Br)c1)C1CCCCCC1C#N. The van der Waals surface area contributed by atoms with Crippen LogP contribution in [0.15, 0.2) is 28.7 Å². The molecule has 0 heterocycles. The van der Waals surface area contributed by atoms with Crippen molar-refractivity contribution >= 4 is 15.9 Å². The first-order chi connectivity index (χ1) is 9.20. The molecule has 1 aliphatic rings. The van der Waals surface area contributed by atoms with Gasteiger partial charge in [-0.15, -0.1) is 0 Å². The van der Waals surface area contributed by atoms with E-state index in [9.17, 15) is 5.26 Å². The van der Waals surface area contributed by atoms with Crippen molar-refractivity contribution in [3.8, 4) is 6.07 Å². The molecule has 0 N–H and O–H groups in total. The zero-order chi connectivity index (χ0) is 13.7. The predicted octanol–water partition coefficient (Wildman–Crippen LogP) is 4.35. The van der Waals surface area contributed by atoms with Gasteiger partial charge in [0.25, 0.3) is 0 Å². The van der Waals surface area contributed by atoms with E-state index in [1.807, 2.05) is 6.07 Å². The summed E-state index contributed by atoms with van der Waals surface area (Å²) < 4.78 is 1.12. The summed E-state index contributed by atoms with van der Waals surface area (Å²) in [5.41, 5.74) is 1.30. The van der Waals surface area contributed by atoms with Crippen LogP contribution in [0.25, 0.3) is 0 Å². The maximum absolute atomic E-state index is 9.36. The molecule has 1 aromatic carbocycles. The van der Waals surface area contributed by atoms with Gasteiger partial charge in [-0.1, -0.05) is 47.3 Å². The quantitative estimate of drug-likeness (QED) is 0.774. The van der Waals surface area contributed by atoms with E-state index in [-0.39, 0.29) is 5.92 Å². The molecule has 2 atom stereocenters. The van der Waals surface area contributed by atoms with Gasteiger partial charge in [-0.05, 0) is 37.6 Å². The lowest BCUT2D eigenvalue weighted by atomic mass is 9.95. The van der Waals surface area contributed by atoms with Gasteiger partial charge in [0.05, 0.1) is 12.0 Å². The second-order valence-electron chi connectivity index (χ2n) is 5.49. The van der Waals surface area contributed by atoms with E-state index in [0.717, 1.165) is 23.9 Å². The van der Waals surface area contributed by atoms with E-state index in [1.54, 1.807) is 0 Å². The molecule has 0 aliphatic heterocycles. The van der Waals surface area contributed by atoms with Crippen LogP contribution >= 0.6 is 15.9 Å². The second-order valence-corrected chi connectivity index (χ2v) is 6.40. The van der Waals surface area contributed by atoms with Crippen molar-refractivity contribution in [2.24, 2.45) is 5.92 Å². The van der Waals surface area contributed by atoms with Crippen LogP contribution in [0.4, 0.5) is 0 Å². The first-order valence-electron chi connectivity index (χ1n) is 7.05.